The molecule has 0 saturated carbocycles. The lowest BCUT2D eigenvalue weighted by Crippen LogP contribution is -2.05. The van der Waals surface area contributed by atoms with E-state index in [9.17, 15) is 18.0 Å². The zero-order valence-electron chi connectivity index (χ0n) is 11.1. The molecule has 0 spiro atoms. The molecule has 1 aromatic carbocycles. The van der Waals surface area contributed by atoms with Crippen LogP contribution in [-0.2, 0) is 10.9 Å². The van der Waals surface area contributed by atoms with Gasteiger partial charge in [-0.1, -0.05) is 17.4 Å². The predicted molar refractivity (Wildman–Crippen MR) is 72.9 cm³/mol. The Morgan fingerprint density at radius 2 is 2.10 bits per heavy atom. The van der Waals surface area contributed by atoms with E-state index in [0.29, 0.717) is 15.7 Å². The fourth-order valence-corrected chi connectivity index (χ4v) is 2.53. The molecule has 0 amide bonds. The molecule has 0 saturated heterocycles. The van der Waals surface area contributed by atoms with E-state index in [1.807, 2.05) is 0 Å². The highest BCUT2D eigenvalue weighted by atomic mass is 32.1. The van der Waals surface area contributed by atoms with E-state index in [2.05, 4.69) is 15.0 Å². The molecule has 0 bridgehead atoms. The Kier molecular flexibility index (Phi) is 4.17. The minimum absolute atomic E-state index is 0.245. The van der Waals surface area contributed by atoms with Crippen LogP contribution in [0.1, 0.15) is 20.9 Å². The highest BCUT2D eigenvalue weighted by molar-refractivity contribution is 7.17. The van der Waals surface area contributed by atoms with Crippen molar-refractivity contribution in [2.45, 2.75) is 13.1 Å². The monoisotopic (exact) mass is 316 g/mol. The topological polar surface area (TPSA) is 51.2 Å². The average molecular weight is 316 g/mol. The molecule has 112 valence electrons. The number of anilines is 2. The third kappa shape index (κ3) is 3.52. The van der Waals surface area contributed by atoms with Gasteiger partial charge in [0.05, 0.1) is 18.4 Å². The molecule has 0 radical (unpaired) electrons. The number of benzene rings is 1. The summed E-state index contributed by atoms with van der Waals surface area (Å²) < 4.78 is 42.5. The van der Waals surface area contributed by atoms with Gasteiger partial charge >= 0.3 is 12.1 Å². The Balaban J connectivity index is 2.25. The van der Waals surface area contributed by atoms with Gasteiger partial charge in [0, 0.05) is 5.69 Å². The number of ether oxygens (including phenoxy) is 1. The second kappa shape index (κ2) is 5.72. The Labute approximate surface area is 122 Å². The van der Waals surface area contributed by atoms with Crippen molar-refractivity contribution >= 4 is 28.1 Å². The summed E-state index contributed by atoms with van der Waals surface area (Å²) in [6, 6.07) is 4.75. The Morgan fingerprint density at radius 3 is 2.71 bits per heavy atom. The fourth-order valence-electron chi connectivity index (χ4n) is 1.63. The Hall–Kier alpha value is -2.09. The minimum atomic E-state index is -4.41. The van der Waals surface area contributed by atoms with Crippen LogP contribution in [0, 0.1) is 6.92 Å². The van der Waals surface area contributed by atoms with Crippen LogP contribution < -0.4 is 5.32 Å². The van der Waals surface area contributed by atoms with Crippen molar-refractivity contribution in [3.05, 3.63) is 40.4 Å². The van der Waals surface area contributed by atoms with Crippen molar-refractivity contribution in [2.24, 2.45) is 0 Å². The van der Waals surface area contributed by atoms with Gasteiger partial charge in [0.1, 0.15) is 4.88 Å². The van der Waals surface area contributed by atoms with Crippen LogP contribution in [0.5, 0.6) is 0 Å². The number of hydrogen-bond acceptors (Lipinski definition) is 5. The number of methoxy groups -OCH3 is 1. The summed E-state index contributed by atoms with van der Waals surface area (Å²) in [6.07, 6.45) is -4.41. The predicted octanol–water partition coefficient (Wildman–Crippen LogP) is 4.00. The smallest absolute Gasteiger partial charge is 0.416 e. The molecule has 0 unspecified atom stereocenters. The summed E-state index contributed by atoms with van der Waals surface area (Å²) in [7, 11) is 1.25. The fraction of sp³-hybridized carbons (Fsp3) is 0.231. The van der Waals surface area contributed by atoms with E-state index < -0.39 is 17.7 Å². The lowest BCUT2D eigenvalue weighted by Gasteiger charge is -2.08. The number of esters is 1. The van der Waals surface area contributed by atoms with Crippen molar-refractivity contribution in [3.8, 4) is 0 Å². The molecular formula is C13H11F3N2O2S. The molecule has 21 heavy (non-hydrogen) atoms. The van der Waals surface area contributed by atoms with E-state index >= 15 is 0 Å². The number of alkyl halides is 3. The number of nitrogens with one attached hydrogen (secondary N) is 1. The van der Waals surface area contributed by atoms with Gasteiger partial charge in [-0.25, -0.2) is 9.78 Å². The molecule has 0 aliphatic rings. The minimum Gasteiger partial charge on any atom is -0.465 e. The van der Waals surface area contributed by atoms with Crippen molar-refractivity contribution < 1.29 is 22.7 Å². The second-order valence-electron chi connectivity index (χ2n) is 4.13. The van der Waals surface area contributed by atoms with Crippen molar-refractivity contribution in [2.75, 3.05) is 12.4 Å². The number of aromatic nitrogens is 1. The third-order valence-electron chi connectivity index (χ3n) is 2.61. The number of aryl methyl sites for hydroxylation is 1. The molecule has 2 rings (SSSR count). The Morgan fingerprint density at radius 1 is 1.38 bits per heavy atom. The molecule has 0 atom stereocenters. The maximum atomic E-state index is 12.6. The van der Waals surface area contributed by atoms with Gasteiger partial charge in [0.2, 0.25) is 0 Å². The number of carbonyl (C=O) groups excluding carboxylic acids is 1. The van der Waals surface area contributed by atoms with Gasteiger partial charge in [-0.3, -0.25) is 0 Å². The summed E-state index contributed by atoms with van der Waals surface area (Å²) in [6.45, 7) is 1.63. The van der Waals surface area contributed by atoms with Gasteiger partial charge in [-0.05, 0) is 25.1 Å². The van der Waals surface area contributed by atoms with E-state index in [4.69, 9.17) is 0 Å². The Bertz CT molecular complexity index is 668. The van der Waals surface area contributed by atoms with Gasteiger partial charge in [-0.2, -0.15) is 13.2 Å². The van der Waals surface area contributed by atoms with Crippen LogP contribution in [0.4, 0.5) is 24.0 Å². The first kappa shape index (κ1) is 15.3. The van der Waals surface area contributed by atoms with Crippen LogP contribution in [0.25, 0.3) is 0 Å². The van der Waals surface area contributed by atoms with Crippen LogP contribution in [0.15, 0.2) is 24.3 Å². The molecule has 0 aliphatic carbocycles. The standard InChI is InChI=1S/C13H11F3N2O2S/c1-7-10(11(19)20-2)21-12(17-7)18-9-5-3-4-8(6-9)13(14,15)16/h3-6H,1-2H3,(H,17,18). The number of carbonyl (C=O) groups is 1. The number of thiazole rings is 1. The normalized spacial score (nSPS) is 11.3. The zero-order chi connectivity index (χ0) is 15.6. The molecule has 1 N–H and O–H groups in total. The number of nitrogens with zero attached hydrogens (tertiary/aromatic N) is 1. The molecule has 4 nitrogen and oxygen atoms in total. The summed E-state index contributed by atoms with van der Waals surface area (Å²) in [5.41, 5.74) is -0.0507. The number of halogens is 3. The molecule has 0 fully saturated rings. The maximum Gasteiger partial charge on any atom is 0.416 e. The lowest BCUT2D eigenvalue weighted by molar-refractivity contribution is -0.137. The molecule has 1 heterocycles. The van der Waals surface area contributed by atoms with E-state index in [1.54, 1.807) is 6.92 Å². The third-order valence-corrected chi connectivity index (χ3v) is 3.66. The van der Waals surface area contributed by atoms with E-state index in [-0.39, 0.29) is 5.69 Å². The van der Waals surface area contributed by atoms with Crippen LogP contribution in [0.3, 0.4) is 0 Å². The van der Waals surface area contributed by atoms with Crippen molar-refractivity contribution in [3.63, 3.8) is 0 Å². The summed E-state index contributed by atoms with van der Waals surface area (Å²) >= 11 is 1.02. The van der Waals surface area contributed by atoms with E-state index in [1.165, 1.54) is 19.2 Å². The lowest BCUT2D eigenvalue weighted by atomic mass is 10.2. The van der Waals surface area contributed by atoms with Crippen LogP contribution in [-0.4, -0.2) is 18.1 Å². The molecule has 2 aromatic rings. The number of rotatable bonds is 3. The largest absolute Gasteiger partial charge is 0.465 e. The van der Waals surface area contributed by atoms with Gasteiger partial charge < -0.3 is 10.1 Å². The summed E-state index contributed by atoms with van der Waals surface area (Å²) in [4.78, 5) is 15.9. The zero-order valence-corrected chi connectivity index (χ0v) is 11.9. The van der Waals surface area contributed by atoms with Crippen molar-refractivity contribution in [1.29, 1.82) is 0 Å². The SMILES string of the molecule is COC(=O)c1sc(Nc2cccc(C(F)(F)F)c2)nc1C. The second-order valence-corrected chi connectivity index (χ2v) is 5.13. The first-order valence-electron chi connectivity index (χ1n) is 5.81. The van der Waals surface area contributed by atoms with Gasteiger partial charge in [0.25, 0.3) is 0 Å². The van der Waals surface area contributed by atoms with Crippen molar-refractivity contribution in [1.82, 2.24) is 4.98 Å². The van der Waals surface area contributed by atoms with Gasteiger partial charge in [0.15, 0.2) is 5.13 Å². The van der Waals surface area contributed by atoms with Gasteiger partial charge in [-0.15, -0.1) is 0 Å². The highest BCUT2D eigenvalue weighted by Gasteiger charge is 2.30. The average Bonchev–Trinajstić information content (AvgIpc) is 2.78. The van der Waals surface area contributed by atoms with Crippen LogP contribution >= 0.6 is 11.3 Å². The summed E-state index contributed by atoms with van der Waals surface area (Å²) in [5, 5.41) is 3.08. The maximum absolute atomic E-state index is 12.6. The van der Waals surface area contributed by atoms with E-state index in [0.717, 1.165) is 23.5 Å². The molecule has 1 aromatic heterocycles. The molecule has 0 aliphatic heterocycles. The molecular weight excluding hydrogens is 305 g/mol. The van der Waals surface area contributed by atoms with Crippen LogP contribution in [0.2, 0.25) is 0 Å². The highest BCUT2D eigenvalue weighted by Crippen LogP contribution is 2.32. The molecule has 8 heteroatoms. The number of hydrogen-bond donors (Lipinski definition) is 1. The first-order valence-corrected chi connectivity index (χ1v) is 6.63. The quantitative estimate of drug-likeness (QED) is 0.870. The summed E-state index contributed by atoms with van der Waals surface area (Å²) in [5.74, 6) is -0.526. The first-order chi connectivity index (χ1) is 9.81.